The van der Waals surface area contributed by atoms with Gasteiger partial charge in [0.15, 0.2) is 25.3 Å². The molecule has 37 heavy (non-hydrogen) atoms. The zero-order chi connectivity index (χ0) is 26.4. The molecule has 198 valence electrons. The third-order valence-electron chi connectivity index (χ3n) is 8.03. The molecule has 3 aromatic rings. The normalized spacial score (nSPS) is 23.8. The predicted octanol–water partition coefficient (Wildman–Crippen LogP) is 5.17. The number of hydrogen-bond acceptors (Lipinski definition) is 8. The van der Waals surface area contributed by atoms with E-state index in [9.17, 15) is 4.79 Å². The first-order chi connectivity index (χ1) is 17.5. The van der Waals surface area contributed by atoms with Gasteiger partial charge in [0.05, 0.1) is 19.0 Å². The van der Waals surface area contributed by atoms with E-state index in [0.717, 1.165) is 12.8 Å². The van der Waals surface area contributed by atoms with E-state index in [-0.39, 0.29) is 29.4 Å². The van der Waals surface area contributed by atoms with Crippen LogP contribution in [0.3, 0.4) is 0 Å². The molecule has 5 rings (SSSR count). The maximum absolute atomic E-state index is 11.9. The number of nitrogens with one attached hydrogen (secondary N) is 1. The van der Waals surface area contributed by atoms with Crippen molar-refractivity contribution in [2.24, 2.45) is 0 Å². The number of fused-ring (bicyclic) bond motifs is 2. The van der Waals surface area contributed by atoms with Gasteiger partial charge in [-0.05, 0) is 42.1 Å². The van der Waals surface area contributed by atoms with Crippen molar-refractivity contribution in [2.75, 3.05) is 11.9 Å². The first-order valence-corrected chi connectivity index (χ1v) is 15.9. The van der Waals surface area contributed by atoms with Gasteiger partial charge in [-0.2, -0.15) is 0 Å². The maximum Gasteiger partial charge on any atom is 0.302 e. The molecule has 1 saturated heterocycles. The standard InChI is InChI=1S/C27H37N5O4Si/c1-17(33)35-21-13-23(36-22(21)14-34-37(5,6)27(2,3)4)32-16-30-24-25(28-15-29-26(24)32)31-20-12-11-18-9-7-8-10-19(18)20/h7-10,15-16,20-23H,11-14H2,1-6H3,(H,28,29,31)/t20-,21-,22+,23+/m0/s1. The topological polar surface area (TPSA) is 100 Å². The summed E-state index contributed by atoms with van der Waals surface area (Å²) in [5.74, 6) is 0.380. The van der Waals surface area contributed by atoms with Crippen molar-refractivity contribution < 1.29 is 18.7 Å². The lowest BCUT2D eigenvalue weighted by molar-refractivity contribution is -0.150. The minimum absolute atomic E-state index is 0.0721. The first kappa shape index (κ1) is 25.8. The monoisotopic (exact) mass is 523 g/mol. The van der Waals surface area contributed by atoms with Crippen molar-refractivity contribution in [1.82, 2.24) is 19.5 Å². The third-order valence-corrected chi connectivity index (χ3v) is 12.5. The van der Waals surface area contributed by atoms with Crippen LogP contribution in [0.25, 0.3) is 11.2 Å². The average Bonchev–Trinajstić information content (AvgIpc) is 3.54. The fourth-order valence-corrected chi connectivity index (χ4v) is 5.92. The minimum Gasteiger partial charge on any atom is -0.460 e. The molecule has 0 spiro atoms. The van der Waals surface area contributed by atoms with E-state index in [4.69, 9.17) is 13.9 Å². The number of hydrogen-bond donors (Lipinski definition) is 1. The summed E-state index contributed by atoms with van der Waals surface area (Å²) in [4.78, 5) is 25.5. The van der Waals surface area contributed by atoms with Gasteiger partial charge >= 0.3 is 5.97 Å². The lowest BCUT2D eigenvalue weighted by Gasteiger charge is -2.37. The summed E-state index contributed by atoms with van der Waals surface area (Å²) in [7, 11) is -1.99. The highest BCUT2D eigenvalue weighted by Crippen LogP contribution is 2.39. The van der Waals surface area contributed by atoms with Gasteiger partial charge in [0.1, 0.15) is 24.8 Å². The summed E-state index contributed by atoms with van der Waals surface area (Å²) < 4.78 is 20.4. The lowest BCUT2D eigenvalue weighted by atomic mass is 10.1. The highest BCUT2D eigenvalue weighted by Gasteiger charge is 2.43. The van der Waals surface area contributed by atoms with Gasteiger partial charge in [-0.25, -0.2) is 15.0 Å². The van der Waals surface area contributed by atoms with Gasteiger partial charge in [-0.1, -0.05) is 45.0 Å². The second kappa shape index (κ2) is 9.81. The number of anilines is 1. The number of aryl methyl sites for hydroxylation is 1. The molecule has 1 N–H and O–H groups in total. The number of imidazole rings is 1. The Labute approximate surface area is 219 Å². The molecule has 4 atom stereocenters. The molecular weight excluding hydrogens is 486 g/mol. The summed E-state index contributed by atoms with van der Waals surface area (Å²) in [5, 5.41) is 3.66. The molecular formula is C27H37N5O4Si. The number of aromatic nitrogens is 4. The van der Waals surface area contributed by atoms with Crippen molar-refractivity contribution in [3.8, 4) is 0 Å². The van der Waals surface area contributed by atoms with Crippen molar-refractivity contribution in [2.45, 2.75) is 89.6 Å². The van der Waals surface area contributed by atoms with E-state index in [1.54, 1.807) is 12.7 Å². The van der Waals surface area contributed by atoms with Crippen LogP contribution >= 0.6 is 0 Å². The molecule has 3 heterocycles. The van der Waals surface area contributed by atoms with Crippen LogP contribution in [0.1, 0.15) is 63.9 Å². The van der Waals surface area contributed by atoms with Crippen LogP contribution < -0.4 is 5.32 Å². The largest absolute Gasteiger partial charge is 0.460 e. The van der Waals surface area contributed by atoms with Gasteiger partial charge < -0.3 is 19.2 Å². The lowest BCUT2D eigenvalue weighted by Crippen LogP contribution is -2.44. The van der Waals surface area contributed by atoms with Crippen LogP contribution in [0.4, 0.5) is 5.82 Å². The number of esters is 1. The smallest absolute Gasteiger partial charge is 0.302 e. The van der Waals surface area contributed by atoms with Crippen molar-refractivity contribution >= 4 is 31.3 Å². The number of carbonyl (C=O) groups is 1. The van der Waals surface area contributed by atoms with E-state index in [2.05, 4.69) is 78.4 Å². The van der Waals surface area contributed by atoms with Crippen LogP contribution in [0.2, 0.25) is 18.1 Å². The van der Waals surface area contributed by atoms with Crippen LogP contribution in [0, 0.1) is 0 Å². The van der Waals surface area contributed by atoms with Crippen LogP contribution in [0.15, 0.2) is 36.9 Å². The number of nitrogens with zero attached hydrogens (tertiary/aromatic N) is 4. The maximum atomic E-state index is 11.9. The SMILES string of the molecule is CC(=O)O[C@H]1C[C@H](n2cnc3c(N[C@H]4CCc5ccccc54)ncnc32)O[C@@H]1CO[Si](C)(C)C(C)(C)C. The Bertz CT molecular complexity index is 1290. The number of rotatable bonds is 7. The van der Waals surface area contributed by atoms with Gasteiger partial charge in [0, 0.05) is 13.3 Å². The molecule has 1 fully saturated rings. The van der Waals surface area contributed by atoms with Crippen molar-refractivity contribution in [3.05, 3.63) is 48.0 Å². The summed E-state index contributed by atoms with van der Waals surface area (Å²) in [5.41, 5.74) is 4.06. The zero-order valence-corrected chi connectivity index (χ0v) is 23.5. The van der Waals surface area contributed by atoms with E-state index in [1.807, 2.05) is 4.57 Å². The molecule has 0 amide bonds. The zero-order valence-electron chi connectivity index (χ0n) is 22.5. The van der Waals surface area contributed by atoms with Crippen LogP contribution in [-0.4, -0.2) is 52.6 Å². The summed E-state index contributed by atoms with van der Waals surface area (Å²) in [6, 6.07) is 8.70. The molecule has 1 aromatic carbocycles. The number of carbonyl (C=O) groups excluding carboxylic acids is 1. The number of benzene rings is 1. The van der Waals surface area contributed by atoms with Crippen molar-refractivity contribution in [3.63, 3.8) is 0 Å². The second-order valence-corrected chi connectivity index (χ2v) is 16.4. The first-order valence-electron chi connectivity index (χ1n) is 13.0. The Morgan fingerprint density at radius 3 is 2.76 bits per heavy atom. The van der Waals surface area contributed by atoms with E-state index >= 15 is 0 Å². The molecule has 2 aromatic heterocycles. The Morgan fingerprint density at radius 2 is 2.00 bits per heavy atom. The molecule has 0 unspecified atom stereocenters. The molecule has 9 nitrogen and oxygen atoms in total. The predicted molar refractivity (Wildman–Crippen MR) is 144 cm³/mol. The Balaban J connectivity index is 1.36. The Morgan fingerprint density at radius 1 is 1.22 bits per heavy atom. The molecule has 0 radical (unpaired) electrons. The quantitative estimate of drug-likeness (QED) is 0.335. The molecule has 0 bridgehead atoms. The fraction of sp³-hybridized carbons (Fsp3) is 0.556. The summed E-state index contributed by atoms with van der Waals surface area (Å²) in [6.07, 6.45) is 4.70. The fourth-order valence-electron chi connectivity index (χ4n) is 4.91. The average molecular weight is 524 g/mol. The van der Waals surface area contributed by atoms with Gasteiger partial charge in [-0.15, -0.1) is 0 Å². The molecule has 0 saturated carbocycles. The van der Waals surface area contributed by atoms with Gasteiger partial charge in [0.25, 0.3) is 0 Å². The highest BCUT2D eigenvalue weighted by molar-refractivity contribution is 6.74. The molecule has 2 aliphatic rings. The van der Waals surface area contributed by atoms with Crippen LogP contribution in [0.5, 0.6) is 0 Å². The Hall–Kier alpha value is -2.82. The summed E-state index contributed by atoms with van der Waals surface area (Å²) in [6.45, 7) is 12.8. The molecule has 10 heteroatoms. The van der Waals surface area contributed by atoms with E-state index in [1.165, 1.54) is 18.1 Å². The molecule has 1 aliphatic heterocycles. The van der Waals surface area contributed by atoms with Crippen LogP contribution in [-0.2, 0) is 25.1 Å². The van der Waals surface area contributed by atoms with E-state index < -0.39 is 14.4 Å². The molecule has 1 aliphatic carbocycles. The number of ether oxygens (including phenoxy) is 2. The van der Waals surface area contributed by atoms with Gasteiger partial charge in [-0.3, -0.25) is 9.36 Å². The minimum atomic E-state index is -1.99. The second-order valence-electron chi connectivity index (χ2n) is 11.6. The Kier molecular flexibility index (Phi) is 6.84. The summed E-state index contributed by atoms with van der Waals surface area (Å²) >= 11 is 0. The van der Waals surface area contributed by atoms with Gasteiger partial charge in [0.2, 0.25) is 0 Å². The van der Waals surface area contributed by atoms with Crippen molar-refractivity contribution in [1.29, 1.82) is 0 Å². The van der Waals surface area contributed by atoms with E-state index in [0.29, 0.717) is 30.0 Å². The third kappa shape index (κ3) is 5.14. The highest BCUT2D eigenvalue weighted by atomic mass is 28.4.